The predicted octanol–water partition coefficient (Wildman–Crippen LogP) is 4.25. The summed E-state index contributed by atoms with van der Waals surface area (Å²) < 4.78 is 5.27. The van der Waals surface area contributed by atoms with Gasteiger partial charge in [0.15, 0.2) is 0 Å². The van der Waals surface area contributed by atoms with Gasteiger partial charge in [-0.1, -0.05) is 42.1 Å². The van der Waals surface area contributed by atoms with E-state index in [0.29, 0.717) is 17.4 Å². The molecular formula is C20H19N3O2S. The van der Waals surface area contributed by atoms with Crippen molar-refractivity contribution < 1.29 is 9.53 Å². The minimum Gasteiger partial charge on any atom is -0.495 e. The SMILES string of the molecule is COc1ccccc1NC(=O)CSc1nc(C2CC2)nc2ccccc12. The largest absolute Gasteiger partial charge is 0.495 e. The number of anilines is 1. The fourth-order valence-electron chi connectivity index (χ4n) is 2.77. The first-order valence-electron chi connectivity index (χ1n) is 8.57. The van der Waals surface area contributed by atoms with E-state index in [1.54, 1.807) is 7.11 Å². The van der Waals surface area contributed by atoms with Crippen LogP contribution in [-0.4, -0.2) is 28.7 Å². The van der Waals surface area contributed by atoms with Gasteiger partial charge in [-0.15, -0.1) is 0 Å². The number of amides is 1. The van der Waals surface area contributed by atoms with E-state index in [2.05, 4.69) is 10.3 Å². The maximum Gasteiger partial charge on any atom is 0.234 e. The van der Waals surface area contributed by atoms with Crippen LogP contribution in [0.5, 0.6) is 5.75 Å². The Morgan fingerprint density at radius 2 is 1.92 bits per heavy atom. The molecule has 1 aliphatic rings. The first-order valence-corrected chi connectivity index (χ1v) is 9.55. The number of thioether (sulfide) groups is 1. The Labute approximate surface area is 156 Å². The quantitative estimate of drug-likeness (QED) is 0.523. The summed E-state index contributed by atoms with van der Waals surface area (Å²) in [5, 5.41) is 4.76. The van der Waals surface area contributed by atoms with Crippen LogP contribution in [0.15, 0.2) is 53.6 Å². The second-order valence-electron chi connectivity index (χ2n) is 6.22. The average Bonchev–Trinajstić information content (AvgIpc) is 3.51. The molecule has 1 saturated carbocycles. The smallest absolute Gasteiger partial charge is 0.234 e. The minimum absolute atomic E-state index is 0.0878. The number of methoxy groups -OCH3 is 1. The number of aromatic nitrogens is 2. The summed E-state index contributed by atoms with van der Waals surface area (Å²) in [6.45, 7) is 0. The second-order valence-corrected chi connectivity index (χ2v) is 7.18. The number of nitrogens with one attached hydrogen (secondary N) is 1. The molecule has 26 heavy (non-hydrogen) atoms. The monoisotopic (exact) mass is 365 g/mol. The molecular weight excluding hydrogens is 346 g/mol. The Kier molecular flexibility index (Phi) is 4.75. The number of carbonyl (C=O) groups is 1. The molecule has 0 radical (unpaired) electrons. The van der Waals surface area contributed by atoms with Gasteiger partial charge in [0.05, 0.1) is 24.1 Å². The van der Waals surface area contributed by atoms with E-state index in [4.69, 9.17) is 9.72 Å². The number of nitrogens with zero attached hydrogens (tertiary/aromatic N) is 2. The van der Waals surface area contributed by atoms with Crippen LogP contribution in [0.2, 0.25) is 0 Å². The molecule has 1 amide bonds. The van der Waals surface area contributed by atoms with E-state index in [0.717, 1.165) is 34.6 Å². The summed E-state index contributed by atoms with van der Waals surface area (Å²) in [6.07, 6.45) is 2.30. The first-order chi connectivity index (χ1) is 12.7. The molecule has 0 unspecified atom stereocenters. The highest BCUT2D eigenvalue weighted by Gasteiger charge is 2.27. The van der Waals surface area contributed by atoms with Gasteiger partial charge in [0.1, 0.15) is 16.6 Å². The van der Waals surface area contributed by atoms with E-state index in [1.807, 2.05) is 48.5 Å². The summed E-state index contributed by atoms with van der Waals surface area (Å²) >= 11 is 1.45. The summed E-state index contributed by atoms with van der Waals surface area (Å²) in [4.78, 5) is 21.8. The molecule has 1 aliphatic carbocycles. The number of fused-ring (bicyclic) bond motifs is 1. The van der Waals surface area contributed by atoms with E-state index in [9.17, 15) is 4.79 Å². The van der Waals surface area contributed by atoms with Crippen LogP contribution in [0.3, 0.4) is 0 Å². The summed E-state index contributed by atoms with van der Waals surface area (Å²) in [5.74, 6) is 2.21. The van der Waals surface area contributed by atoms with E-state index >= 15 is 0 Å². The lowest BCUT2D eigenvalue weighted by Gasteiger charge is -2.10. The third-order valence-corrected chi connectivity index (χ3v) is 5.24. The van der Waals surface area contributed by atoms with Crippen molar-refractivity contribution in [2.45, 2.75) is 23.8 Å². The first kappa shape index (κ1) is 16.8. The number of para-hydroxylation sites is 3. The Morgan fingerprint density at radius 3 is 2.73 bits per heavy atom. The van der Waals surface area contributed by atoms with Crippen LogP contribution in [0.1, 0.15) is 24.6 Å². The normalized spacial score (nSPS) is 13.6. The van der Waals surface area contributed by atoms with Gasteiger partial charge in [0.25, 0.3) is 0 Å². The molecule has 5 nitrogen and oxygen atoms in total. The van der Waals surface area contributed by atoms with Crippen LogP contribution in [0.4, 0.5) is 5.69 Å². The fraction of sp³-hybridized carbons (Fsp3) is 0.250. The topological polar surface area (TPSA) is 64.1 Å². The average molecular weight is 365 g/mol. The lowest BCUT2D eigenvalue weighted by atomic mass is 10.2. The molecule has 0 saturated heterocycles. The molecule has 4 rings (SSSR count). The van der Waals surface area contributed by atoms with Crippen LogP contribution >= 0.6 is 11.8 Å². The molecule has 0 aliphatic heterocycles. The van der Waals surface area contributed by atoms with Crippen LogP contribution in [0.25, 0.3) is 10.9 Å². The van der Waals surface area contributed by atoms with Crippen molar-refractivity contribution in [2.24, 2.45) is 0 Å². The molecule has 1 N–H and O–H groups in total. The molecule has 6 heteroatoms. The fourth-order valence-corrected chi connectivity index (χ4v) is 3.59. The van der Waals surface area contributed by atoms with Crippen LogP contribution in [-0.2, 0) is 4.79 Å². The summed E-state index contributed by atoms with van der Waals surface area (Å²) in [5.41, 5.74) is 1.61. The maximum atomic E-state index is 12.4. The van der Waals surface area contributed by atoms with Gasteiger partial charge in [-0.05, 0) is 31.0 Å². The van der Waals surface area contributed by atoms with Crippen LogP contribution in [0, 0.1) is 0 Å². The second kappa shape index (κ2) is 7.33. The number of benzene rings is 2. The lowest BCUT2D eigenvalue weighted by molar-refractivity contribution is -0.113. The Hall–Kier alpha value is -2.60. The Morgan fingerprint density at radius 1 is 1.15 bits per heavy atom. The van der Waals surface area contributed by atoms with Gasteiger partial charge >= 0.3 is 0 Å². The molecule has 2 aromatic carbocycles. The summed E-state index contributed by atoms with van der Waals surface area (Å²) in [6, 6.07) is 15.3. The van der Waals surface area contributed by atoms with Crippen molar-refractivity contribution in [2.75, 3.05) is 18.2 Å². The van der Waals surface area contributed by atoms with Crippen molar-refractivity contribution in [1.29, 1.82) is 0 Å². The molecule has 1 fully saturated rings. The van der Waals surface area contributed by atoms with Gasteiger partial charge in [-0.25, -0.2) is 9.97 Å². The standard InChI is InChI=1S/C20H19N3O2S/c1-25-17-9-5-4-8-16(17)21-18(24)12-26-20-14-6-2-3-7-15(14)22-19(23-20)13-10-11-13/h2-9,13H,10-12H2,1H3,(H,21,24). The highest BCUT2D eigenvalue weighted by Crippen LogP contribution is 2.39. The predicted molar refractivity (Wildman–Crippen MR) is 104 cm³/mol. The number of ether oxygens (including phenoxy) is 1. The summed E-state index contributed by atoms with van der Waals surface area (Å²) in [7, 11) is 1.59. The highest BCUT2D eigenvalue weighted by atomic mass is 32.2. The third-order valence-electron chi connectivity index (χ3n) is 4.25. The van der Waals surface area contributed by atoms with Crippen molar-refractivity contribution in [3.8, 4) is 5.75 Å². The van der Waals surface area contributed by atoms with E-state index in [1.165, 1.54) is 11.8 Å². The third kappa shape index (κ3) is 3.65. The van der Waals surface area contributed by atoms with Gasteiger partial charge in [-0.2, -0.15) is 0 Å². The minimum atomic E-state index is -0.0878. The van der Waals surface area contributed by atoms with Gasteiger partial charge < -0.3 is 10.1 Å². The van der Waals surface area contributed by atoms with Crippen molar-refractivity contribution >= 4 is 34.3 Å². The molecule has 0 bridgehead atoms. The van der Waals surface area contributed by atoms with Gasteiger partial charge in [0.2, 0.25) is 5.91 Å². The zero-order chi connectivity index (χ0) is 17.9. The number of hydrogen-bond acceptors (Lipinski definition) is 5. The van der Waals surface area contributed by atoms with E-state index < -0.39 is 0 Å². The molecule has 1 heterocycles. The number of carbonyl (C=O) groups excluding carboxylic acids is 1. The van der Waals surface area contributed by atoms with Gasteiger partial charge in [-0.3, -0.25) is 4.79 Å². The molecule has 132 valence electrons. The van der Waals surface area contributed by atoms with Gasteiger partial charge in [0, 0.05) is 11.3 Å². The Bertz CT molecular complexity index is 957. The molecule has 3 aromatic rings. The molecule has 1 aromatic heterocycles. The van der Waals surface area contributed by atoms with Crippen LogP contribution < -0.4 is 10.1 Å². The zero-order valence-electron chi connectivity index (χ0n) is 14.4. The molecule has 0 atom stereocenters. The molecule has 0 spiro atoms. The Balaban J connectivity index is 1.51. The highest BCUT2D eigenvalue weighted by molar-refractivity contribution is 8.00. The van der Waals surface area contributed by atoms with Crippen molar-refractivity contribution in [3.63, 3.8) is 0 Å². The van der Waals surface area contributed by atoms with Crippen molar-refractivity contribution in [3.05, 3.63) is 54.4 Å². The van der Waals surface area contributed by atoms with Crippen molar-refractivity contribution in [1.82, 2.24) is 9.97 Å². The number of hydrogen-bond donors (Lipinski definition) is 1. The zero-order valence-corrected chi connectivity index (χ0v) is 15.3. The lowest BCUT2D eigenvalue weighted by Crippen LogP contribution is -2.15. The number of rotatable bonds is 6. The maximum absolute atomic E-state index is 12.4. The van der Waals surface area contributed by atoms with E-state index in [-0.39, 0.29) is 11.7 Å².